The number of hydrogen-bond acceptors (Lipinski definition) is 6. The van der Waals surface area contributed by atoms with Gasteiger partial charge in [0.25, 0.3) is 0 Å². The standard InChI is InChI=1S/C11H11N3O3S/c1-14-10(7-2-3-16-5-7)12-13-11(14)18-8-4-9(15)17-6-8/h2-3,5,8H,4,6H2,1H3/t8-/m1/s1. The Balaban J connectivity index is 1.80. The van der Waals surface area contributed by atoms with Crippen molar-refractivity contribution in [3.8, 4) is 11.4 Å². The smallest absolute Gasteiger partial charge is 0.307 e. The third kappa shape index (κ3) is 2.01. The summed E-state index contributed by atoms with van der Waals surface area (Å²) in [6.45, 7) is 0.442. The molecule has 1 atom stereocenters. The van der Waals surface area contributed by atoms with Crippen LogP contribution in [0.15, 0.2) is 28.2 Å². The van der Waals surface area contributed by atoms with E-state index >= 15 is 0 Å². The second kappa shape index (κ2) is 4.49. The molecule has 2 aromatic rings. The van der Waals surface area contributed by atoms with Crippen LogP contribution in [0.2, 0.25) is 0 Å². The molecule has 0 N–H and O–H groups in total. The van der Waals surface area contributed by atoms with E-state index < -0.39 is 0 Å². The molecule has 0 unspecified atom stereocenters. The number of rotatable bonds is 3. The number of hydrogen-bond donors (Lipinski definition) is 0. The van der Waals surface area contributed by atoms with Gasteiger partial charge in [-0.2, -0.15) is 0 Å². The van der Waals surface area contributed by atoms with Crippen molar-refractivity contribution in [2.45, 2.75) is 16.8 Å². The fraction of sp³-hybridized carbons (Fsp3) is 0.364. The van der Waals surface area contributed by atoms with Crippen molar-refractivity contribution in [1.82, 2.24) is 14.8 Å². The Bertz CT molecular complexity index is 564. The van der Waals surface area contributed by atoms with Crippen molar-refractivity contribution in [1.29, 1.82) is 0 Å². The molecule has 1 aliphatic rings. The number of thioether (sulfide) groups is 1. The highest BCUT2D eigenvalue weighted by Crippen LogP contribution is 2.29. The lowest BCUT2D eigenvalue weighted by atomic mass is 10.3. The Labute approximate surface area is 107 Å². The van der Waals surface area contributed by atoms with E-state index in [4.69, 9.17) is 9.15 Å². The van der Waals surface area contributed by atoms with Crippen LogP contribution in [0.4, 0.5) is 0 Å². The molecule has 0 aliphatic carbocycles. The molecule has 0 bridgehead atoms. The van der Waals surface area contributed by atoms with E-state index in [9.17, 15) is 4.79 Å². The topological polar surface area (TPSA) is 70.2 Å². The number of aromatic nitrogens is 3. The summed E-state index contributed by atoms with van der Waals surface area (Å²) in [6, 6.07) is 1.83. The third-order valence-electron chi connectivity index (χ3n) is 2.71. The van der Waals surface area contributed by atoms with Gasteiger partial charge in [0.05, 0.1) is 23.5 Å². The fourth-order valence-corrected chi connectivity index (χ4v) is 2.76. The second-order valence-electron chi connectivity index (χ2n) is 4.00. The first-order valence-electron chi connectivity index (χ1n) is 5.48. The number of furan rings is 1. The summed E-state index contributed by atoms with van der Waals surface area (Å²) < 4.78 is 11.8. The minimum absolute atomic E-state index is 0.123. The number of ether oxygens (including phenoxy) is 1. The number of carbonyl (C=O) groups excluding carboxylic acids is 1. The van der Waals surface area contributed by atoms with Gasteiger partial charge in [-0.1, -0.05) is 11.8 Å². The summed E-state index contributed by atoms with van der Waals surface area (Å²) in [7, 11) is 1.89. The molecule has 2 aromatic heterocycles. The van der Waals surface area contributed by atoms with Gasteiger partial charge in [-0.15, -0.1) is 10.2 Å². The van der Waals surface area contributed by atoms with Gasteiger partial charge in [0.1, 0.15) is 12.9 Å². The minimum atomic E-state index is -0.148. The molecule has 3 heterocycles. The SMILES string of the molecule is Cn1c(S[C@H]2COC(=O)C2)nnc1-c1ccoc1. The fourth-order valence-electron chi connectivity index (χ4n) is 1.77. The maximum absolute atomic E-state index is 11.0. The molecule has 6 nitrogen and oxygen atoms in total. The molecular weight excluding hydrogens is 254 g/mol. The lowest BCUT2D eigenvalue weighted by molar-refractivity contribution is -0.137. The molecule has 0 aromatic carbocycles. The van der Waals surface area contributed by atoms with Crippen molar-refractivity contribution in [2.24, 2.45) is 7.05 Å². The molecule has 94 valence electrons. The third-order valence-corrected chi connectivity index (χ3v) is 3.91. The van der Waals surface area contributed by atoms with Gasteiger partial charge in [0.15, 0.2) is 11.0 Å². The van der Waals surface area contributed by atoms with E-state index in [0.717, 1.165) is 16.5 Å². The van der Waals surface area contributed by atoms with E-state index in [2.05, 4.69) is 10.2 Å². The molecule has 0 saturated carbocycles. The van der Waals surface area contributed by atoms with Crippen LogP contribution in [0.1, 0.15) is 6.42 Å². The predicted octanol–water partition coefficient (Wildman–Crippen LogP) is 1.48. The Kier molecular flexibility index (Phi) is 2.83. The zero-order chi connectivity index (χ0) is 12.5. The molecular formula is C11H11N3O3S. The highest BCUT2D eigenvalue weighted by atomic mass is 32.2. The Hall–Kier alpha value is -1.76. The van der Waals surface area contributed by atoms with Crippen LogP contribution >= 0.6 is 11.8 Å². The van der Waals surface area contributed by atoms with Gasteiger partial charge < -0.3 is 13.7 Å². The summed E-state index contributed by atoms with van der Waals surface area (Å²) in [5.74, 6) is 0.598. The largest absolute Gasteiger partial charge is 0.472 e. The van der Waals surface area contributed by atoms with Gasteiger partial charge in [-0.3, -0.25) is 4.79 Å². The molecule has 1 aliphatic heterocycles. The lowest BCUT2D eigenvalue weighted by Gasteiger charge is -2.05. The molecule has 7 heteroatoms. The maximum atomic E-state index is 11.0. The average molecular weight is 265 g/mol. The molecule has 3 rings (SSSR count). The first-order chi connectivity index (χ1) is 8.74. The van der Waals surface area contributed by atoms with Crippen LogP contribution in [-0.4, -0.2) is 32.6 Å². The van der Waals surface area contributed by atoms with Crippen molar-refractivity contribution in [3.63, 3.8) is 0 Å². The van der Waals surface area contributed by atoms with E-state index in [1.807, 2.05) is 17.7 Å². The Morgan fingerprint density at radius 2 is 2.39 bits per heavy atom. The summed E-state index contributed by atoms with van der Waals surface area (Å²) in [6.07, 6.45) is 3.65. The lowest BCUT2D eigenvalue weighted by Crippen LogP contribution is -2.03. The summed E-state index contributed by atoms with van der Waals surface area (Å²) in [5, 5.41) is 9.15. The number of cyclic esters (lactones) is 1. The first kappa shape index (κ1) is 11.3. The van der Waals surface area contributed by atoms with Crippen LogP contribution in [0.3, 0.4) is 0 Å². The number of carbonyl (C=O) groups is 1. The zero-order valence-electron chi connectivity index (χ0n) is 9.70. The van der Waals surface area contributed by atoms with Crippen LogP contribution in [0.5, 0.6) is 0 Å². The quantitative estimate of drug-likeness (QED) is 0.783. The summed E-state index contributed by atoms with van der Waals surface area (Å²) in [5.41, 5.74) is 0.885. The van der Waals surface area contributed by atoms with Crippen LogP contribution in [0, 0.1) is 0 Å². The average Bonchev–Trinajstić information content (AvgIpc) is 3.04. The molecule has 0 radical (unpaired) electrons. The normalized spacial score (nSPS) is 19.2. The number of esters is 1. The molecule has 0 amide bonds. The predicted molar refractivity (Wildman–Crippen MR) is 63.9 cm³/mol. The second-order valence-corrected chi connectivity index (χ2v) is 5.27. The Morgan fingerprint density at radius 3 is 3.06 bits per heavy atom. The van der Waals surface area contributed by atoms with E-state index in [0.29, 0.717) is 13.0 Å². The van der Waals surface area contributed by atoms with Gasteiger partial charge in [0, 0.05) is 7.05 Å². The molecule has 1 fully saturated rings. The van der Waals surface area contributed by atoms with E-state index in [-0.39, 0.29) is 11.2 Å². The monoisotopic (exact) mass is 265 g/mol. The van der Waals surface area contributed by atoms with Gasteiger partial charge in [-0.05, 0) is 6.07 Å². The number of nitrogens with zero attached hydrogens (tertiary/aromatic N) is 3. The van der Waals surface area contributed by atoms with Crippen LogP contribution in [0.25, 0.3) is 11.4 Å². The zero-order valence-corrected chi connectivity index (χ0v) is 10.5. The van der Waals surface area contributed by atoms with Gasteiger partial charge >= 0.3 is 5.97 Å². The molecule has 1 saturated heterocycles. The molecule has 18 heavy (non-hydrogen) atoms. The van der Waals surface area contributed by atoms with Crippen molar-refractivity contribution < 1.29 is 13.9 Å². The van der Waals surface area contributed by atoms with Crippen molar-refractivity contribution in [3.05, 3.63) is 18.6 Å². The minimum Gasteiger partial charge on any atom is -0.472 e. The van der Waals surface area contributed by atoms with Crippen LogP contribution < -0.4 is 0 Å². The van der Waals surface area contributed by atoms with Crippen molar-refractivity contribution in [2.75, 3.05) is 6.61 Å². The highest BCUT2D eigenvalue weighted by molar-refractivity contribution is 7.99. The summed E-state index contributed by atoms with van der Waals surface area (Å²) >= 11 is 1.51. The van der Waals surface area contributed by atoms with Crippen LogP contribution in [-0.2, 0) is 16.6 Å². The summed E-state index contributed by atoms with van der Waals surface area (Å²) in [4.78, 5) is 11.0. The van der Waals surface area contributed by atoms with Crippen molar-refractivity contribution >= 4 is 17.7 Å². The molecule has 0 spiro atoms. The van der Waals surface area contributed by atoms with Gasteiger partial charge in [0.2, 0.25) is 0 Å². The van der Waals surface area contributed by atoms with E-state index in [1.54, 1.807) is 12.5 Å². The van der Waals surface area contributed by atoms with E-state index in [1.165, 1.54) is 11.8 Å². The highest BCUT2D eigenvalue weighted by Gasteiger charge is 2.26. The Morgan fingerprint density at radius 1 is 1.50 bits per heavy atom. The van der Waals surface area contributed by atoms with Gasteiger partial charge in [-0.25, -0.2) is 0 Å². The maximum Gasteiger partial charge on any atom is 0.307 e. The first-order valence-corrected chi connectivity index (χ1v) is 6.36.